The largest absolute Gasteiger partial charge is 0.490 e. The number of rotatable bonds is 4. The van der Waals surface area contributed by atoms with Gasteiger partial charge in [-0.15, -0.1) is 0 Å². The molecule has 0 aromatic heterocycles. The third-order valence-corrected chi connectivity index (χ3v) is 4.33. The van der Waals surface area contributed by atoms with Gasteiger partial charge < -0.3 is 14.6 Å². The van der Waals surface area contributed by atoms with Gasteiger partial charge in [-0.3, -0.25) is 0 Å². The molecule has 112 valence electrons. The number of para-hydroxylation sites is 1. The first-order valence-electron chi connectivity index (χ1n) is 7.48. The summed E-state index contributed by atoms with van der Waals surface area (Å²) in [7, 11) is 0. The second kappa shape index (κ2) is 5.90. The molecule has 1 spiro atoms. The number of aliphatic carboxylic acids is 1. The van der Waals surface area contributed by atoms with Crippen molar-refractivity contribution in [2.45, 2.75) is 43.8 Å². The highest BCUT2D eigenvalue weighted by molar-refractivity contribution is 5.85. The number of ether oxygens (including phenoxy) is 2. The number of benzene rings is 1. The van der Waals surface area contributed by atoms with Gasteiger partial charge in [0.25, 0.3) is 0 Å². The average Bonchev–Trinajstić information content (AvgIpc) is 2.45. The van der Waals surface area contributed by atoms with Crippen LogP contribution in [0.2, 0.25) is 0 Å². The Morgan fingerprint density at radius 2 is 2.19 bits per heavy atom. The Bertz CT molecular complexity index is 545. The molecule has 0 radical (unpaired) electrons. The second-order valence-corrected chi connectivity index (χ2v) is 5.83. The summed E-state index contributed by atoms with van der Waals surface area (Å²) in [5, 5.41) is 8.75. The number of carboxylic acids is 1. The van der Waals surface area contributed by atoms with E-state index in [1.807, 2.05) is 24.3 Å². The monoisotopic (exact) mass is 288 g/mol. The van der Waals surface area contributed by atoms with Gasteiger partial charge in [0, 0.05) is 24.5 Å². The van der Waals surface area contributed by atoms with E-state index in [-0.39, 0.29) is 11.7 Å². The molecule has 1 aromatic carbocycles. The maximum absolute atomic E-state index is 10.7. The first-order valence-corrected chi connectivity index (χ1v) is 7.48. The van der Waals surface area contributed by atoms with E-state index in [0.29, 0.717) is 0 Å². The van der Waals surface area contributed by atoms with Gasteiger partial charge in [-0.05, 0) is 31.4 Å². The molecule has 2 aliphatic rings. The van der Waals surface area contributed by atoms with Crippen LogP contribution >= 0.6 is 0 Å². The number of carbonyl (C=O) groups is 1. The molecular formula is C17H20O4. The summed E-state index contributed by atoms with van der Waals surface area (Å²) in [6, 6.07) is 7.55. The van der Waals surface area contributed by atoms with Gasteiger partial charge in [-0.2, -0.15) is 0 Å². The zero-order valence-electron chi connectivity index (χ0n) is 12.0. The molecule has 21 heavy (non-hydrogen) atoms. The highest BCUT2D eigenvalue weighted by Crippen LogP contribution is 2.43. The van der Waals surface area contributed by atoms with Gasteiger partial charge in [0.05, 0.1) is 12.2 Å². The molecule has 1 aliphatic heterocycles. The van der Waals surface area contributed by atoms with E-state index >= 15 is 0 Å². The molecule has 4 heteroatoms. The maximum atomic E-state index is 10.7. The van der Waals surface area contributed by atoms with E-state index in [1.165, 1.54) is 6.42 Å². The van der Waals surface area contributed by atoms with E-state index in [4.69, 9.17) is 14.6 Å². The molecule has 1 saturated heterocycles. The van der Waals surface area contributed by atoms with Gasteiger partial charge in [0.1, 0.15) is 11.9 Å². The third kappa shape index (κ3) is 3.27. The van der Waals surface area contributed by atoms with Crippen molar-refractivity contribution in [2.75, 3.05) is 6.61 Å². The van der Waals surface area contributed by atoms with Crippen LogP contribution in [0.25, 0.3) is 6.08 Å². The molecule has 0 amide bonds. The quantitative estimate of drug-likeness (QED) is 0.864. The Labute approximate surface area is 124 Å². The van der Waals surface area contributed by atoms with Crippen molar-refractivity contribution < 1.29 is 19.4 Å². The molecule has 1 N–H and O–H groups in total. The Hall–Kier alpha value is -1.81. The van der Waals surface area contributed by atoms with Crippen LogP contribution in [0.4, 0.5) is 0 Å². The van der Waals surface area contributed by atoms with Crippen LogP contribution in [0.3, 0.4) is 0 Å². The van der Waals surface area contributed by atoms with Crippen molar-refractivity contribution in [3.63, 3.8) is 0 Å². The summed E-state index contributed by atoms with van der Waals surface area (Å²) in [5.74, 6) is -0.208. The summed E-state index contributed by atoms with van der Waals surface area (Å²) in [4.78, 5) is 10.7. The molecule has 1 aliphatic carbocycles. The van der Waals surface area contributed by atoms with Crippen LogP contribution in [0.1, 0.15) is 37.7 Å². The van der Waals surface area contributed by atoms with Crippen LogP contribution in [0.15, 0.2) is 30.3 Å². The highest BCUT2D eigenvalue weighted by Gasteiger charge is 2.43. The lowest BCUT2D eigenvalue weighted by molar-refractivity contribution is -0.153. The molecule has 2 fully saturated rings. The van der Waals surface area contributed by atoms with Crippen molar-refractivity contribution in [1.29, 1.82) is 0 Å². The zero-order chi connectivity index (χ0) is 14.7. The van der Waals surface area contributed by atoms with Gasteiger partial charge in [0.2, 0.25) is 0 Å². The van der Waals surface area contributed by atoms with Crippen LogP contribution < -0.4 is 4.74 Å². The first-order chi connectivity index (χ1) is 10.2. The minimum absolute atomic E-state index is 0.0504. The fourth-order valence-corrected chi connectivity index (χ4v) is 3.07. The lowest BCUT2D eigenvalue weighted by atomic mass is 9.74. The lowest BCUT2D eigenvalue weighted by Crippen LogP contribution is -2.48. The first kappa shape index (κ1) is 14.1. The topological polar surface area (TPSA) is 55.8 Å². The molecule has 3 rings (SSSR count). The molecule has 1 atom stereocenters. The van der Waals surface area contributed by atoms with Crippen LogP contribution in [-0.2, 0) is 9.53 Å². The van der Waals surface area contributed by atoms with Crippen molar-refractivity contribution in [2.24, 2.45) is 0 Å². The van der Waals surface area contributed by atoms with Gasteiger partial charge in [-0.25, -0.2) is 4.79 Å². The smallest absolute Gasteiger partial charge is 0.328 e. The number of hydrogen-bond acceptors (Lipinski definition) is 3. The van der Waals surface area contributed by atoms with Crippen molar-refractivity contribution in [3.05, 3.63) is 35.9 Å². The Morgan fingerprint density at radius 1 is 1.38 bits per heavy atom. The van der Waals surface area contributed by atoms with Crippen LogP contribution in [-0.4, -0.2) is 29.4 Å². The molecular weight excluding hydrogens is 268 g/mol. The lowest BCUT2D eigenvalue weighted by Gasteiger charge is -2.47. The summed E-state index contributed by atoms with van der Waals surface area (Å²) in [5.41, 5.74) is 0.850. The van der Waals surface area contributed by atoms with Gasteiger partial charge in [-0.1, -0.05) is 18.2 Å². The predicted octanol–water partition coefficient (Wildman–Crippen LogP) is 3.26. The molecule has 1 heterocycles. The fourth-order valence-electron chi connectivity index (χ4n) is 3.07. The molecule has 1 unspecified atom stereocenters. The average molecular weight is 288 g/mol. The van der Waals surface area contributed by atoms with Crippen molar-refractivity contribution >= 4 is 12.0 Å². The molecule has 1 aromatic rings. The normalized spacial score (nSPS) is 23.9. The molecule has 4 nitrogen and oxygen atoms in total. The number of hydrogen-bond donors (Lipinski definition) is 1. The van der Waals surface area contributed by atoms with Crippen molar-refractivity contribution in [3.8, 4) is 5.75 Å². The summed E-state index contributed by atoms with van der Waals surface area (Å²) in [6.07, 6.45) is 8.20. The van der Waals surface area contributed by atoms with Crippen LogP contribution in [0.5, 0.6) is 5.75 Å². The third-order valence-electron chi connectivity index (χ3n) is 4.33. The van der Waals surface area contributed by atoms with Crippen LogP contribution in [0, 0.1) is 0 Å². The predicted molar refractivity (Wildman–Crippen MR) is 79.3 cm³/mol. The van der Waals surface area contributed by atoms with E-state index in [9.17, 15) is 4.79 Å². The fraction of sp³-hybridized carbons (Fsp3) is 0.471. The number of carboxylic acid groups (broad SMARTS) is 1. The Kier molecular flexibility index (Phi) is 3.97. The zero-order valence-corrected chi connectivity index (χ0v) is 12.0. The summed E-state index contributed by atoms with van der Waals surface area (Å²) in [6.45, 7) is 0.748. The standard InChI is InChI=1S/C17H20O4/c18-16(19)7-6-13-4-1-2-5-15(13)21-14-8-11-20-17(12-14)9-3-10-17/h1-2,4-7,14H,3,8-12H2,(H,18,19)/b7-6+. The van der Waals surface area contributed by atoms with Gasteiger partial charge in [0.15, 0.2) is 0 Å². The SMILES string of the molecule is O=C(O)/C=C/c1ccccc1OC1CCOC2(CCC2)C1. The minimum Gasteiger partial charge on any atom is -0.490 e. The van der Waals surface area contributed by atoms with E-state index in [0.717, 1.165) is 49.7 Å². The minimum atomic E-state index is -0.954. The molecule has 1 saturated carbocycles. The summed E-state index contributed by atoms with van der Waals surface area (Å²) >= 11 is 0. The highest BCUT2D eigenvalue weighted by atomic mass is 16.5. The maximum Gasteiger partial charge on any atom is 0.328 e. The second-order valence-electron chi connectivity index (χ2n) is 5.83. The Balaban J connectivity index is 1.71. The Morgan fingerprint density at radius 3 is 2.90 bits per heavy atom. The van der Waals surface area contributed by atoms with E-state index in [1.54, 1.807) is 6.08 Å². The van der Waals surface area contributed by atoms with E-state index in [2.05, 4.69) is 0 Å². The van der Waals surface area contributed by atoms with Gasteiger partial charge >= 0.3 is 5.97 Å². The van der Waals surface area contributed by atoms with Crippen molar-refractivity contribution in [1.82, 2.24) is 0 Å². The van der Waals surface area contributed by atoms with E-state index < -0.39 is 5.97 Å². The molecule has 0 bridgehead atoms. The summed E-state index contributed by atoms with van der Waals surface area (Å²) < 4.78 is 12.0.